The fraction of sp³-hybridized carbons (Fsp3) is 0.458. The fourth-order valence-electron chi connectivity index (χ4n) is 4.72. The minimum Gasteiger partial charge on any atom is -0.453 e. The molecule has 10 heteroatoms. The Morgan fingerprint density at radius 3 is 2.71 bits per heavy atom. The van der Waals surface area contributed by atoms with Crippen molar-refractivity contribution < 1.29 is 31.1 Å². The van der Waals surface area contributed by atoms with Crippen LogP contribution in [0.5, 0.6) is 0 Å². The third-order valence-electron chi connectivity index (χ3n) is 6.39. The summed E-state index contributed by atoms with van der Waals surface area (Å²) >= 11 is 0. The molecule has 34 heavy (non-hydrogen) atoms. The predicted molar refractivity (Wildman–Crippen MR) is 122 cm³/mol. The molecule has 0 aromatic heterocycles. The topological polar surface area (TPSA) is 75.7 Å². The van der Waals surface area contributed by atoms with E-state index in [2.05, 4.69) is 10.8 Å². The maximum absolute atomic E-state index is 13.0. The summed E-state index contributed by atoms with van der Waals surface area (Å²) < 4.78 is 71.8. The summed E-state index contributed by atoms with van der Waals surface area (Å²) in [5.74, 6) is -1.83. The Labute approximate surface area is 196 Å². The monoisotopic (exact) mass is 496 g/mol. The largest absolute Gasteiger partial charge is 0.490 e. The lowest BCUT2D eigenvalue weighted by atomic mass is 9.82. The first-order chi connectivity index (χ1) is 16.1. The smallest absolute Gasteiger partial charge is 0.453 e. The first kappa shape index (κ1) is 24.7. The first-order valence-electron chi connectivity index (χ1n) is 11.3. The van der Waals surface area contributed by atoms with Crippen LogP contribution in [0.4, 0.5) is 13.2 Å². The van der Waals surface area contributed by atoms with Gasteiger partial charge in [0.2, 0.25) is 10.0 Å². The molecule has 0 bridgehead atoms. The van der Waals surface area contributed by atoms with Gasteiger partial charge in [-0.15, -0.1) is 0 Å². The number of ether oxygens (including phenoxy) is 1. The van der Waals surface area contributed by atoms with Gasteiger partial charge >= 0.3 is 12.1 Å². The number of fused-ring (bicyclic) bond motifs is 2. The minimum atomic E-state index is -5.16. The van der Waals surface area contributed by atoms with Crippen molar-refractivity contribution in [1.82, 2.24) is 9.62 Å². The number of allylic oxidation sites excluding steroid dienone is 1. The second-order valence-corrected chi connectivity index (χ2v) is 10.5. The number of esters is 1. The lowest BCUT2D eigenvalue weighted by Gasteiger charge is -2.37. The lowest BCUT2D eigenvalue weighted by molar-refractivity contribution is -0.205. The van der Waals surface area contributed by atoms with E-state index in [1.165, 1.54) is 11.6 Å². The zero-order chi connectivity index (χ0) is 24.3. The van der Waals surface area contributed by atoms with Gasteiger partial charge in [-0.05, 0) is 49.6 Å². The number of rotatable bonds is 7. The molecule has 0 amide bonds. The van der Waals surface area contributed by atoms with E-state index < -0.39 is 34.8 Å². The number of likely N-dealkylation sites (tertiary alicyclic amines) is 1. The minimum absolute atomic E-state index is 0.00391. The lowest BCUT2D eigenvalue weighted by Crippen LogP contribution is -2.47. The van der Waals surface area contributed by atoms with Crippen molar-refractivity contribution in [3.05, 3.63) is 54.1 Å². The summed E-state index contributed by atoms with van der Waals surface area (Å²) in [6.07, 6.45) is -0.164. The molecule has 184 valence electrons. The number of carbonyl (C=O) groups excluding carboxylic acids is 1. The molecule has 2 aromatic rings. The normalized spacial score (nSPS) is 20.4. The van der Waals surface area contributed by atoms with E-state index in [9.17, 15) is 26.4 Å². The molecule has 2 aliphatic rings. The molecule has 2 atom stereocenters. The molecule has 0 saturated carbocycles. The predicted octanol–water partition coefficient (Wildman–Crippen LogP) is 4.02. The maximum Gasteiger partial charge on any atom is 0.490 e. The third kappa shape index (κ3) is 5.79. The second kappa shape index (κ2) is 10.1. The fourth-order valence-corrected chi connectivity index (χ4v) is 6.01. The summed E-state index contributed by atoms with van der Waals surface area (Å²) in [6, 6.07) is 11.7. The van der Waals surface area contributed by atoms with Crippen molar-refractivity contribution in [2.75, 3.05) is 26.2 Å². The Bertz CT molecular complexity index is 1170. The summed E-state index contributed by atoms with van der Waals surface area (Å²) in [5.41, 5.74) is 1.26. The van der Waals surface area contributed by atoms with Crippen LogP contribution in [-0.4, -0.2) is 57.7 Å². The van der Waals surface area contributed by atoms with Gasteiger partial charge in [0.25, 0.3) is 0 Å². The van der Waals surface area contributed by atoms with E-state index in [1.807, 2.05) is 4.90 Å². The Kier molecular flexibility index (Phi) is 7.30. The molecule has 0 spiro atoms. The van der Waals surface area contributed by atoms with Crippen LogP contribution < -0.4 is 4.72 Å². The van der Waals surface area contributed by atoms with Crippen molar-refractivity contribution in [3.63, 3.8) is 0 Å². The molecule has 6 nitrogen and oxygen atoms in total. The van der Waals surface area contributed by atoms with E-state index in [4.69, 9.17) is 4.74 Å². The van der Waals surface area contributed by atoms with Crippen molar-refractivity contribution in [3.8, 4) is 0 Å². The number of benzene rings is 2. The zero-order valence-electron chi connectivity index (χ0n) is 18.6. The molecule has 1 fully saturated rings. The zero-order valence-corrected chi connectivity index (χ0v) is 19.4. The molecular formula is C24H27F3N2O4S. The third-order valence-corrected chi connectivity index (χ3v) is 7.88. The van der Waals surface area contributed by atoms with Crippen LogP contribution in [0.1, 0.15) is 25.7 Å². The van der Waals surface area contributed by atoms with Gasteiger partial charge in [-0.25, -0.2) is 17.9 Å². The molecule has 0 radical (unpaired) electrons. The number of alkyl halides is 3. The van der Waals surface area contributed by atoms with E-state index in [0.717, 1.165) is 25.7 Å². The van der Waals surface area contributed by atoms with Gasteiger partial charge < -0.3 is 4.74 Å². The molecular weight excluding hydrogens is 469 g/mol. The Hall–Kier alpha value is -2.43. The number of carbonyl (C=O) groups is 1. The highest BCUT2D eigenvalue weighted by atomic mass is 32.2. The van der Waals surface area contributed by atoms with Crippen molar-refractivity contribution >= 4 is 26.8 Å². The van der Waals surface area contributed by atoms with E-state index in [1.54, 1.807) is 36.4 Å². The Morgan fingerprint density at radius 1 is 1.15 bits per heavy atom. The molecule has 1 N–H and O–H groups in total. The number of sulfonamides is 1. The summed E-state index contributed by atoms with van der Waals surface area (Å²) in [6.45, 7) is 0.773. The van der Waals surface area contributed by atoms with Crippen LogP contribution in [0.3, 0.4) is 0 Å². The van der Waals surface area contributed by atoms with Gasteiger partial charge in [0.05, 0.1) is 4.90 Å². The highest BCUT2D eigenvalue weighted by molar-refractivity contribution is 7.89. The summed E-state index contributed by atoms with van der Waals surface area (Å²) in [5, 5.41) is 1.21. The number of halogens is 3. The number of hydrogen-bond acceptors (Lipinski definition) is 5. The summed E-state index contributed by atoms with van der Waals surface area (Å²) in [7, 11) is -4.07. The van der Waals surface area contributed by atoms with Gasteiger partial charge in [-0.3, -0.25) is 4.90 Å². The van der Waals surface area contributed by atoms with Crippen LogP contribution in [0, 0.1) is 5.92 Å². The van der Waals surface area contributed by atoms with Crippen LogP contribution in [0.25, 0.3) is 10.8 Å². The van der Waals surface area contributed by atoms with Gasteiger partial charge in [0, 0.05) is 25.0 Å². The van der Waals surface area contributed by atoms with Gasteiger partial charge in [0.15, 0.2) is 0 Å². The van der Waals surface area contributed by atoms with Crippen LogP contribution in [0.15, 0.2) is 59.0 Å². The van der Waals surface area contributed by atoms with Crippen molar-refractivity contribution in [2.24, 2.45) is 5.92 Å². The summed E-state index contributed by atoms with van der Waals surface area (Å²) in [4.78, 5) is 13.5. The average Bonchev–Trinajstić information content (AvgIpc) is 2.81. The van der Waals surface area contributed by atoms with E-state index in [-0.39, 0.29) is 11.4 Å². The van der Waals surface area contributed by atoms with Crippen molar-refractivity contribution in [2.45, 2.75) is 42.9 Å². The molecule has 1 saturated heterocycles. The Morgan fingerprint density at radius 2 is 1.91 bits per heavy atom. The SMILES string of the molecule is O=C(O[C@@H](CNS(=O)(=O)c1cccc2ccccc12)CN1CCC2CCCC=C2C1)C(F)(F)F. The molecule has 1 aliphatic carbocycles. The van der Waals surface area contributed by atoms with Crippen LogP contribution >= 0.6 is 0 Å². The number of nitrogens with zero attached hydrogens (tertiary/aromatic N) is 1. The van der Waals surface area contributed by atoms with Crippen molar-refractivity contribution in [1.29, 1.82) is 0 Å². The van der Waals surface area contributed by atoms with Crippen LogP contribution in [0.2, 0.25) is 0 Å². The first-order valence-corrected chi connectivity index (χ1v) is 12.8. The number of piperidine rings is 1. The number of hydrogen-bond donors (Lipinski definition) is 1. The molecule has 1 heterocycles. The molecule has 1 unspecified atom stereocenters. The molecule has 4 rings (SSSR count). The van der Waals surface area contributed by atoms with Crippen LogP contribution in [-0.2, 0) is 19.6 Å². The van der Waals surface area contributed by atoms with E-state index in [0.29, 0.717) is 29.8 Å². The quantitative estimate of drug-likeness (QED) is 0.463. The van der Waals surface area contributed by atoms with E-state index >= 15 is 0 Å². The number of nitrogens with one attached hydrogen (secondary N) is 1. The Balaban J connectivity index is 1.49. The van der Waals surface area contributed by atoms with Gasteiger partial charge in [-0.2, -0.15) is 13.2 Å². The molecule has 2 aromatic carbocycles. The average molecular weight is 497 g/mol. The second-order valence-electron chi connectivity index (χ2n) is 8.78. The highest BCUT2D eigenvalue weighted by Crippen LogP contribution is 2.32. The highest BCUT2D eigenvalue weighted by Gasteiger charge is 2.43. The maximum atomic E-state index is 13.0. The standard InChI is InChI=1S/C24H27F3N2O4S/c25-24(26,27)23(30)33-20(16-29-13-12-17-6-1-2-8-19(17)15-29)14-28-34(31,32)22-11-5-9-18-7-3-4-10-21(18)22/h3-5,7-11,17,20,28H,1-2,6,12-16H2/t17?,20-/m0/s1. The van der Waals surface area contributed by atoms with Gasteiger partial charge in [0.1, 0.15) is 6.10 Å². The van der Waals surface area contributed by atoms with Gasteiger partial charge in [-0.1, -0.05) is 48.0 Å². The molecule has 1 aliphatic heterocycles.